The number of hydrogen-bond donors (Lipinski definition) is 2. The first-order chi connectivity index (χ1) is 9.54. The first kappa shape index (κ1) is 15.0. The number of carbonyl (C=O) groups is 1. The number of aliphatic hydroxyl groups excluding tert-OH is 1. The lowest BCUT2D eigenvalue weighted by Gasteiger charge is -2.10. The summed E-state index contributed by atoms with van der Waals surface area (Å²) in [5.74, 6) is 0.839. The number of carbonyl (C=O) groups excluding carboxylic acids is 1. The van der Waals surface area contributed by atoms with Gasteiger partial charge in [0.25, 0.3) is 0 Å². The van der Waals surface area contributed by atoms with Crippen LogP contribution in [0.2, 0.25) is 0 Å². The summed E-state index contributed by atoms with van der Waals surface area (Å²) in [6.45, 7) is 3.86. The summed E-state index contributed by atoms with van der Waals surface area (Å²) < 4.78 is 5.06. The maximum atomic E-state index is 11.8. The van der Waals surface area contributed by atoms with E-state index in [1.807, 2.05) is 13.8 Å². The molecular weight excluding hydrogens is 258 g/mol. The lowest BCUT2D eigenvalue weighted by molar-refractivity contribution is -0.121. The first-order valence-electron chi connectivity index (χ1n) is 7.33. The summed E-state index contributed by atoms with van der Waals surface area (Å²) in [5, 5.41) is 16.5. The second-order valence-electron chi connectivity index (χ2n) is 5.85. The summed E-state index contributed by atoms with van der Waals surface area (Å²) in [4.78, 5) is 16.0. The number of aliphatic hydroxyl groups is 1. The SMILES string of the molecule is CC(C)C(O)Cc1nc(CC(=O)NC2CCCC2)no1. The summed E-state index contributed by atoms with van der Waals surface area (Å²) >= 11 is 0. The van der Waals surface area contributed by atoms with Crippen LogP contribution in [0.4, 0.5) is 0 Å². The van der Waals surface area contributed by atoms with Crippen molar-refractivity contribution in [2.75, 3.05) is 0 Å². The maximum Gasteiger partial charge on any atom is 0.229 e. The van der Waals surface area contributed by atoms with E-state index in [4.69, 9.17) is 4.52 Å². The highest BCUT2D eigenvalue weighted by atomic mass is 16.5. The van der Waals surface area contributed by atoms with Gasteiger partial charge in [-0.25, -0.2) is 0 Å². The molecule has 1 saturated carbocycles. The number of aromatic nitrogens is 2. The molecule has 2 rings (SSSR count). The van der Waals surface area contributed by atoms with Crippen molar-refractivity contribution in [3.8, 4) is 0 Å². The molecule has 2 N–H and O–H groups in total. The summed E-state index contributed by atoms with van der Waals surface area (Å²) in [7, 11) is 0. The number of nitrogens with one attached hydrogen (secondary N) is 1. The van der Waals surface area contributed by atoms with Crippen molar-refractivity contribution in [1.29, 1.82) is 0 Å². The maximum absolute atomic E-state index is 11.8. The molecular formula is C14H23N3O3. The zero-order valence-electron chi connectivity index (χ0n) is 12.1. The predicted octanol–water partition coefficient (Wildman–Crippen LogP) is 1.23. The molecule has 1 aliphatic carbocycles. The van der Waals surface area contributed by atoms with Crippen molar-refractivity contribution in [1.82, 2.24) is 15.5 Å². The van der Waals surface area contributed by atoms with Gasteiger partial charge in [0.05, 0.1) is 18.9 Å². The van der Waals surface area contributed by atoms with E-state index < -0.39 is 6.10 Å². The van der Waals surface area contributed by atoms with Gasteiger partial charge in [0, 0.05) is 6.04 Å². The highest BCUT2D eigenvalue weighted by Crippen LogP contribution is 2.17. The normalized spacial score (nSPS) is 17.6. The Balaban J connectivity index is 1.81. The van der Waals surface area contributed by atoms with Crippen molar-refractivity contribution in [2.24, 2.45) is 5.92 Å². The fraction of sp³-hybridized carbons (Fsp3) is 0.786. The van der Waals surface area contributed by atoms with Crippen LogP contribution >= 0.6 is 0 Å². The molecule has 1 aromatic heterocycles. The zero-order chi connectivity index (χ0) is 14.5. The zero-order valence-corrected chi connectivity index (χ0v) is 12.1. The van der Waals surface area contributed by atoms with Gasteiger partial charge >= 0.3 is 0 Å². The topological polar surface area (TPSA) is 88.3 Å². The first-order valence-corrected chi connectivity index (χ1v) is 7.33. The standard InChI is InChI=1S/C14H23N3O3/c1-9(2)11(18)7-14-16-12(17-20-14)8-13(19)15-10-5-3-4-6-10/h9-11,18H,3-8H2,1-2H3,(H,15,19). The van der Waals surface area contributed by atoms with Gasteiger partial charge in [-0.05, 0) is 18.8 Å². The van der Waals surface area contributed by atoms with E-state index in [2.05, 4.69) is 15.5 Å². The van der Waals surface area contributed by atoms with E-state index >= 15 is 0 Å². The minimum absolute atomic E-state index is 0.0614. The van der Waals surface area contributed by atoms with E-state index in [9.17, 15) is 9.90 Å². The predicted molar refractivity (Wildman–Crippen MR) is 72.9 cm³/mol. The van der Waals surface area contributed by atoms with Crippen molar-refractivity contribution in [2.45, 2.75) is 64.5 Å². The quantitative estimate of drug-likeness (QED) is 0.818. The van der Waals surface area contributed by atoms with Gasteiger partial charge in [-0.1, -0.05) is 31.8 Å². The largest absolute Gasteiger partial charge is 0.392 e. The van der Waals surface area contributed by atoms with Crippen molar-refractivity contribution in [3.63, 3.8) is 0 Å². The summed E-state index contributed by atoms with van der Waals surface area (Å²) in [6.07, 6.45) is 4.45. The van der Waals surface area contributed by atoms with E-state index in [1.54, 1.807) is 0 Å². The minimum Gasteiger partial charge on any atom is -0.392 e. The van der Waals surface area contributed by atoms with Crippen molar-refractivity contribution in [3.05, 3.63) is 11.7 Å². The van der Waals surface area contributed by atoms with E-state index in [-0.39, 0.29) is 18.2 Å². The van der Waals surface area contributed by atoms with Crippen LogP contribution in [-0.2, 0) is 17.6 Å². The Morgan fingerprint density at radius 1 is 1.45 bits per heavy atom. The van der Waals surface area contributed by atoms with Crippen molar-refractivity contribution >= 4 is 5.91 Å². The van der Waals surface area contributed by atoms with Crippen LogP contribution in [0, 0.1) is 5.92 Å². The van der Waals surface area contributed by atoms with Crippen molar-refractivity contribution < 1.29 is 14.4 Å². The average molecular weight is 281 g/mol. The lowest BCUT2D eigenvalue weighted by Crippen LogP contribution is -2.33. The monoisotopic (exact) mass is 281 g/mol. The Labute approximate surface area is 118 Å². The van der Waals surface area contributed by atoms with Gasteiger partial charge in [0.1, 0.15) is 0 Å². The molecule has 6 heteroatoms. The molecule has 0 aliphatic heterocycles. The van der Waals surface area contributed by atoms with Crippen LogP contribution in [0.3, 0.4) is 0 Å². The molecule has 1 fully saturated rings. The van der Waals surface area contributed by atoms with Crippen LogP contribution in [0.5, 0.6) is 0 Å². The highest BCUT2D eigenvalue weighted by molar-refractivity contribution is 5.78. The molecule has 1 unspecified atom stereocenters. The minimum atomic E-state index is -0.504. The fourth-order valence-electron chi connectivity index (χ4n) is 2.35. The summed E-state index contributed by atoms with van der Waals surface area (Å²) in [6, 6.07) is 0.302. The molecule has 1 aliphatic rings. The second kappa shape index (κ2) is 6.83. The average Bonchev–Trinajstić information content (AvgIpc) is 3.01. The number of nitrogens with zero attached hydrogens (tertiary/aromatic N) is 2. The molecule has 0 spiro atoms. The molecule has 6 nitrogen and oxygen atoms in total. The number of amides is 1. The van der Waals surface area contributed by atoms with Crippen LogP contribution in [-0.4, -0.2) is 33.3 Å². The molecule has 0 bridgehead atoms. The number of hydrogen-bond acceptors (Lipinski definition) is 5. The Morgan fingerprint density at radius 2 is 2.15 bits per heavy atom. The second-order valence-corrected chi connectivity index (χ2v) is 5.85. The molecule has 1 heterocycles. The Kier molecular flexibility index (Phi) is 5.11. The van der Waals surface area contributed by atoms with Gasteiger partial charge in [-0.15, -0.1) is 0 Å². The van der Waals surface area contributed by atoms with Gasteiger partial charge in [-0.3, -0.25) is 4.79 Å². The molecule has 0 radical (unpaired) electrons. The Hall–Kier alpha value is -1.43. The fourth-order valence-corrected chi connectivity index (χ4v) is 2.35. The molecule has 0 aromatic carbocycles. The lowest BCUT2D eigenvalue weighted by atomic mass is 10.0. The van der Waals surface area contributed by atoms with Gasteiger partial charge in [0.15, 0.2) is 5.82 Å². The van der Waals surface area contributed by atoms with Gasteiger partial charge < -0.3 is 14.9 Å². The third kappa shape index (κ3) is 4.30. The van der Waals surface area contributed by atoms with Gasteiger partial charge in [-0.2, -0.15) is 4.98 Å². The smallest absolute Gasteiger partial charge is 0.229 e. The third-order valence-corrected chi connectivity index (χ3v) is 3.70. The van der Waals surface area contributed by atoms with Crippen LogP contribution < -0.4 is 5.32 Å². The molecule has 1 amide bonds. The molecule has 20 heavy (non-hydrogen) atoms. The van der Waals surface area contributed by atoms with Crippen LogP contribution in [0.1, 0.15) is 51.2 Å². The van der Waals surface area contributed by atoms with E-state index in [1.165, 1.54) is 12.8 Å². The Morgan fingerprint density at radius 3 is 2.80 bits per heavy atom. The highest BCUT2D eigenvalue weighted by Gasteiger charge is 2.19. The molecule has 1 aromatic rings. The van der Waals surface area contributed by atoms with Gasteiger partial charge in [0.2, 0.25) is 11.8 Å². The van der Waals surface area contributed by atoms with Crippen LogP contribution in [0.25, 0.3) is 0 Å². The Bertz CT molecular complexity index is 439. The number of rotatable bonds is 6. The van der Waals surface area contributed by atoms with E-state index in [0.29, 0.717) is 24.2 Å². The summed E-state index contributed by atoms with van der Waals surface area (Å²) in [5.41, 5.74) is 0. The molecule has 1 atom stereocenters. The molecule has 112 valence electrons. The van der Waals surface area contributed by atoms with E-state index in [0.717, 1.165) is 12.8 Å². The molecule has 0 saturated heterocycles. The third-order valence-electron chi connectivity index (χ3n) is 3.70. The van der Waals surface area contributed by atoms with Crippen LogP contribution in [0.15, 0.2) is 4.52 Å².